The molecule has 4 nitrogen and oxygen atoms in total. The lowest BCUT2D eigenvalue weighted by atomic mass is 10.1. The van der Waals surface area contributed by atoms with Gasteiger partial charge in [-0.15, -0.1) is 0 Å². The lowest BCUT2D eigenvalue weighted by Gasteiger charge is -2.22. The van der Waals surface area contributed by atoms with Crippen LogP contribution in [-0.2, 0) is 11.3 Å². The molecule has 2 N–H and O–H groups in total. The molecule has 1 aromatic heterocycles. The second-order valence-electron chi connectivity index (χ2n) is 4.51. The standard InChI is InChI=1S/C13H22N2O2/c1-11-2-3-13(17-11)10-15-8-9-16-12-4-6-14-7-5-12/h2-3,12,14-15H,4-10H2,1H3. The van der Waals surface area contributed by atoms with Gasteiger partial charge in [-0.25, -0.2) is 0 Å². The Morgan fingerprint density at radius 1 is 1.41 bits per heavy atom. The van der Waals surface area contributed by atoms with Gasteiger partial charge in [0.15, 0.2) is 0 Å². The average Bonchev–Trinajstić information content (AvgIpc) is 2.76. The van der Waals surface area contributed by atoms with Gasteiger partial charge in [0.25, 0.3) is 0 Å². The topological polar surface area (TPSA) is 46.4 Å². The maximum absolute atomic E-state index is 5.79. The molecule has 0 radical (unpaired) electrons. The van der Waals surface area contributed by atoms with Gasteiger partial charge in [-0.3, -0.25) is 0 Å². The summed E-state index contributed by atoms with van der Waals surface area (Å²) in [4.78, 5) is 0. The lowest BCUT2D eigenvalue weighted by Crippen LogP contribution is -2.33. The molecule has 0 aromatic carbocycles. The first-order valence-corrected chi connectivity index (χ1v) is 6.43. The van der Waals surface area contributed by atoms with Crippen LogP contribution in [0, 0.1) is 6.92 Å². The van der Waals surface area contributed by atoms with Gasteiger partial charge in [0.1, 0.15) is 11.5 Å². The highest BCUT2D eigenvalue weighted by Gasteiger charge is 2.12. The van der Waals surface area contributed by atoms with E-state index in [0.29, 0.717) is 6.10 Å². The zero-order valence-electron chi connectivity index (χ0n) is 10.5. The first-order valence-electron chi connectivity index (χ1n) is 6.43. The molecule has 1 aliphatic heterocycles. The van der Waals surface area contributed by atoms with E-state index in [2.05, 4.69) is 10.6 Å². The molecule has 17 heavy (non-hydrogen) atoms. The van der Waals surface area contributed by atoms with E-state index in [4.69, 9.17) is 9.15 Å². The largest absolute Gasteiger partial charge is 0.465 e. The predicted molar refractivity (Wildman–Crippen MR) is 67.0 cm³/mol. The van der Waals surface area contributed by atoms with Crippen molar-refractivity contribution in [2.24, 2.45) is 0 Å². The molecule has 1 aromatic rings. The van der Waals surface area contributed by atoms with Crippen molar-refractivity contribution in [1.82, 2.24) is 10.6 Å². The Labute approximate surface area is 103 Å². The lowest BCUT2D eigenvalue weighted by molar-refractivity contribution is 0.0346. The van der Waals surface area contributed by atoms with Crippen LogP contribution in [0.15, 0.2) is 16.5 Å². The van der Waals surface area contributed by atoms with Gasteiger partial charge in [0.2, 0.25) is 0 Å². The van der Waals surface area contributed by atoms with Crippen molar-refractivity contribution in [3.8, 4) is 0 Å². The van der Waals surface area contributed by atoms with Crippen molar-refractivity contribution in [1.29, 1.82) is 0 Å². The molecule has 0 unspecified atom stereocenters. The van der Waals surface area contributed by atoms with Gasteiger partial charge in [0.05, 0.1) is 19.3 Å². The van der Waals surface area contributed by atoms with Crippen molar-refractivity contribution >= 4 is 0 Å². The minimum atomic E-state index is 0.448. The molecule has 0 spiro atoms. The minimum Gasteiger partial charge on any atom is -0.465 e. The van der Waals surface area contributed by atoms with Gasteiger partial charge in [-0.2, -0.15) is 0 Å². The van der Waals surface area contributed by atoms with Gasteiger partial charge in [-0.05, 0) is 45.0 Å². The van der Waals surface area contributed by atoms with Crippen LogP contribution in [0.5, 0.6) is 0 Å². The smallest absolute Gasteiger partial charge is 0.117 e. The van der Waals surface area contributed by atoms with Gasteiger partial charge < -0.3 is 19.8 Å². The molecule has 0 amide bonds. The van der Waals surface area contributed by atoms with Crippen molar-refractivity contribution in [2.75, 3.05) is 26.2 Å². The summed E-state index contributed by atoms with van der Waals surface area (Å²) in [5.74, 6) is 1.96. The summed E-state index contributed by atoms with van der Waals surface area (Å²) >= 11 is 0. The first kappa shape index (κ1) is 12.6. The summed E-state index contributed by atoms with van der Waals surface area (Å²) in [6, 6.07) is 4.00. The van der Waals surface area contributed by atoms with E-state index in [0.717, 1.165) is 57.1 Å². The molecular formula is C13H22N2O2. The number of nitrogens with one attached hydrogen (secondary N) is 2. The Morgan fingerprint density at radius 3 is 2.94 bits per heavy atom. The summed E-state index contributed by atoms with van der Waals surface area (Å²) in [6.45, 7) is 6.58. The van der Waals surface area contributed by atoms with E-state index in [-0.39, 0.29) is 0 Å². The number of hydrogen-bond acceptors (Lipinski definition) is 4. The highest BCUT2D eigenvalue weighted by atomic mass is 16.5. The monoisotopic (exact) mass is 238 g/mol. The van der Waals surface area contributed by atoms with Gasteiger partial charge in [-0.1, -0.05) is 0 Å². The number of rotatable bonds is 6. The van der Waals surface area contributed by atoms with E-state index in [1.165, 1.54) is 0 Å². The van der Waals surface area contributed by atoms with Gasteiger partial charge >= 0.3 is 0 Å². The molecule has 0 saturated carbocycles. The van der Waals surface area contributed by atoms with Crippen molar-refractivity contribution in [2.45, 2.75) is 32.4 Å². The van der Waals surface area contributed by atoms with Crippen LogP contribution < -0.4 is 10.6 Å². The summed E-state index contributed by atoms with van der Waals surface area (Å²) in [6.07, 6.45) is 2.72. The number of furan rings is 1. The van der Waals surface area contributed by atoms with Crippen LogP contribution in [-0.4, -0.2) is 32.3 Å². The highest BCUT2D eigenvalue weighted by Crippen LogP contribution is 2.07. The SMILES string of the molecule is Cc1ccc(CNCCOC2CCNCC2)o1. The Hall–Kier alpha value is -0.840. The van der Waals surface area contributed by atoms with Crippen molar-refractivity contribution in [3.63, 3.8) is 0 Å². The van der Waals surface area contributed by atoms with E-state index < -0.39 is 0 Å². The second-order valence-corrected chi connectivity index (χ2v) is 4.51. The third kappa shape index (κ3) is 4.50. The fourth-order valence-corrected chi connectivity index (χ4v) is 2.05. The number of aryl methyl sites for hydroxylation is 1. The van der Waals surface area contributed by atoms with Crippen molar-refractivity contribution < 1.29 is 9.15 Å². The quantitative estimate of drug-likeness (QED) is 0.736. The Balaban J connectivity index is 1.51. The Kier molecular flexibility index (Phi) is 5.04. The van der Waals surface area contributed by atoms with Crippen LogP contribution in [0.1, 0.15) is 24.4 Å². The van der Waals surface area contributed by atoms with Crippen LogP contribution in [0.2, 0.25) is 0 Å². The summed E-state index contributed by atoms with van der Waals surface area (Å²) in [5, 5.41) is 6.65. The molecule has 4 heteroatoms. The summed E-state index contributed by atoms with van der Waals surface area (Å²) in [5.41, 5.74) is 0. The molecule has 96 valence electrons. The summed E-state index contributed by atoms with van der Waals surface area (Å²) in [7, 11) is 0. The molecule has 1 fully saturated rings. The molecule has 1 aliphatic rings. The average molecular weight is 238 g/mol. The zero-order valence-corrected chi connectivity index (χ0v) is 10.5. The Morgan fingerprint density at radius 2 is 2.24 bits per heavy atom. The number of piperidine rings is 1. The molecular weight excluding hydrogens is 216 g/mol. The maximum Gasteiger partial charge on any atom is 0.117 e. The van der Waals surface area contributed by atoms with Crippen LogP contribution in [0.25, 0.3) is 0 Å². The van der Waals surface area contributed by atoms with E-state index in [9.17, 15) is 0 Å². The first-order chi connectivity index (χ1) is 8.34. The molecule has 0 atom stereocenters. The molecule has 0 aliphatic carbocycles. The third-order valence-electron chi connectivity index (χ3n) is 3.01. The predicted octanol–water partition coefficient (Wildman–Crippen LogP) is 1.45. The summed E-state index contributed by atoms with van der Waals surface area (Å²) < 4.78 is 11.3. The van der Waals surface area contributed by atoms with Crippen LogP contribution >= 0.6 is 0 Å². The normalized spacial score (nSPS) is 17.5. The van der Waals surface area contributed by atoms with E-state index in [1.54, 1.807) is 0 Å². The zero-order chi connectivity index (χ0) is 11.9. The van der Waals surface area contributed by atoms with Crippen LogP contribution in [0.3, 0.4) is 0 Å². The minimum absolute atomic E-state index is 0.448. The second kappa shape index (κ2) is 6.79. The maximum atomic E-state index is 5.79. The number of hydrogen-bond donors (Lipinski definition) is 2. The molecule has 1 saturated heterocycles. The highest BCUT2D eigenvalue weighted by molar-refractivity contribution is 5.04. The van der Waals surface area contributed by atoms with Crippen molar-refractivity contribution in [3.05, 3.63) is 23.7 Å². The molecule has 2 rings (SSSR count). The molecule has 2 heterocycles. The van der Waals surface area contributed by atoms with E-state index in [1.807, 2.05) is 19.1 Å². The fraction of sp³-hybridized carbons (Fsp3) is 0.692. The van der Waals surface area contributed by atoms with Gasteiger partial charge in [0, 0.05) is 6.54 Å². The fourth-order valence-electron chi connectivity index (χ4n) is 2.05. The van der Waals surface area contributed by atoms with E-state index >= 15 is 0 Å². The van der Waals surface area contributed by atoms with Crippen LogP contribution in [0.4, 0.5) is 0 Å². The third-order valence-corrected chi connectivity index (χ3v) is 3.01. The Bertz CT molecular complexity index is 319. The number of ether oxygens (including phenoxy) is 1. The molecule has 0 bridgehead atoms.